The first-order valence-corrected chi connectivity index (χ1v) is 6.62. The second kappa shape index (κ2) is 7.04. The zero-order valence-corrected chi connectivity index (χ0v) is 11.5. The number of hydrogen-bond acceptors (Lipinski definition) is 5. The largest absolute Gasteiger partial charge is 0.469 e. The first-order valence-electron chi connectivity index (χ1n) is 6.62. The number of ether oxygens (including phenoxy) is 2. The Hall–Kier alpha value is -1.89. The van der Waals surface area contributed by atoms with Crippen molar-refractivity contribution in [2.75, 3.05) is 26.8 Å². The van der Waals surface area contributed by atoms with Crippen LogP contribution in [0.4, 0.5) is 0 Å². The molecule has 0 spiro atoms. The second-order valence-electron chi connectivity index (χ2n) is 4.63. The van der Waals surface area contributed by atoms with Crippen LogP contribution in [0.2, 0.25) is 0 Å². The van der Waals surface area contributed by atoms with Crippen molar-refractivity contribution in [3.05, 3.63) is 18.5 Å². The van der Waals surface area contributed by atoms with Gasteiger partial charge in [0.25, 0.3) is 0 Å². The molecule has 1 unspecified atom stereocenters. The number of aromatic nitrogens is 2. The Morgan fingerprint density at radius 1 is 1.50 bits per heavy atom. The van der Waals surface area contributed by atoms with E-state index < -0.39 is 0 Å². The Labute approximate surface area is 117 Å². The van der Waals surface area contributed by atoms with E-state index in [1.54, 1.807) is 15.8 Å². The molecule has 1 atom stereocenters. The molecule has 0 aromatic carbocycles. The number of rotatable bonds is 5. The molecule has 1 aliphatic rings. The van der Waals surface area contributed by atoms with Crippen molar-refractivity contribution < 1.29 is 19.1 Å². The molecule has 1 fully saturated rings. The molecule has 2 rings (SSSR count). The van der Waals surface area contributed by atoms with Crippen LogP contribution < -0.4 is 0 Å². The van der Waals surface area contributed by atoms with E-state index in [2.05, 4.69) is 9.84 Å². The van der Waals surface area contributed by atoms with Crippen LogP contribution in [-0.2, 0) is 25.6 Å². The van der Waals surface area contributed by atoms with Crippen LogP contribution in [0.5, 0.6) is 0 Å². The van der Waals surface area contributed by atoms with Gasteiger partial charge in [-0.05, 0) is 6.07 Å². The maximum atomic E-state index is 12.1. The van der Waals surface area contributed by atoms with Crippen LogP contribution in [0.3, 0.4) is 0 Å². The molecule has 1 amide bonds. The molecule has 1 aromatic rings. The Balaban J connectivity index is 1.79. The summed E-state index contributed by atoms with van der Waals surface area (Å²) in [6.45, 7) is 2.02. The van der Waals surface area contributed by atoms with Gasteiger partial charge in [-0.2, -0.15) is 5.10 Å². The molecule has 0 radical (unpaired) electrons. The van der Waals surface area contributed by atoms with Crippen molar-refractivity contribution in [3.63, 3.8) is 0 Å². The van der Waals surface area contributed by atoms with E-state index in [-0.39, 0.29) is 24.4 Å². The van der Waals surface area contributed by atoms with Gasteiger partial charge in [-0.15, -0.1) is 0 Å². The fraction of sp³-hybridized carbons (Fsp3) is 0.615. The molecular formula is C13H19N3O4. The standard InChI is InChI=1S/C13H19N3O4/c1-19-13(18)9-11-10-15(7-8-20-11)12(17)3-6-16-5-2-4-14-16/h2,4-5,11H,3,6-10H2,1H3. The predicted molar refractivity (Wildman–Crippen MR) is 69.8 cm³/mol. The van der Waals surface area contributed by atoms with Gasteiger partial charge in [0.05, 0.1) is 26.2 Å². The number of morpholine rings is 1. The maximum absolute atomic E-state index is 12.1. The van der Waals surface area contributed by atoms with Crippen LogP contribution >= 0.6 is 0 Å². The third-order valence-corrected chi connectivity index (χ3v) is 3.23. The highest BCUT2D eigenvalue weighted by atomic mass is 16.5. The lowest BCUT2D eigenvalue weighted by atomic mass is 10.2. The lowest BCUT2D eigenvalue weighted by Gasteiger charge is -2.32. The highest BCUT2D eigenvalue weighted by Gasteiger charge is 2.26. The lowest BCUT2D eigenvalue weighted by molar-refractivity contribution is -0.150. The lowest BCUT2D eigenvalue weighted by Crippen LogP contribution is -2.46. The minimum absolute atomic E-state index is 0.0543. The zero-order chi connectivity index (χ0) is 14.4. The topological polar surface area (TPSA) is 73.7 Å². The van der Waals surface area contributed by atoms with Gasteiger partial charge in [-0.1, -0.05) is 0 Å². The molecule has 0 aliphatic carbocycles. The molecule has 0 bridgehead atoms. The average molecular weight is 281 g/mol. The van der Waals surface area contributed by atoms with Crippen LogP contribution in [0.15, 0.2) is 18.5 Å². The Morgan fingerprint density at radius 2 is 2.35 bits per heavy atom. The molecule has 1 saturated heterocycles. The molecule has 0 N–H and O–H groups in total. The molecule has 110 valence electrons. The Morgan fingerprint density at radius 3 is 3.05 bits per heavy atom. The van der Waals surface area contributed by atoms with Crippen molar-refractivity contribution in [2.24, 2.45) is 0 Å². The molecular weight excluding hydrogens is 262 g/mol. The molecule has 0 saturated carbocycles. The first kappa shape index (κ1) is 14.5. The number of nitrogens with zero attached hydrogens (tertiary/aromatic N) is 3. The van der Waals surface area contributed by atoms with E-state index in [0.717, 1.165) is 0 Å². The van der Waals surface area contributed by atoms with Gasteiger partial charge in [-0.25, -0.2) is 0 Å². The van der Waals surface area contributed by atoms with Crippen LogP contribution in [-0.4, -0.2) is 59.5 Å². The van der Waals surface area contributed by atoms with Crippen molar-refractivity contribution in [1.82, 2.24) is 14.7 Å². The molecule has 1 aromatic heterocycles. The van der Waals surface area contributed by atoms with Gasteiger partial charge in [0.2, 0.25) is 5.91 Å². The van der Waals surface area contributed by atoms with Gasteiger partial charge in [0.15, 0.2) is 0 Å². The molecule has 7 heteroatoms. The maximum Gasteiger partial charge on any atom is 0.308 e. The van der Waals surface area contributed by atoms with E-state index in [1.165, 1.54) is 7.11 Å². The molecule has 2 heterocycles. The molecule has 7 nitrogen and oxygen atoms in total. The Bertz CT molecular complexity index is 446. The summed E-state index contributed by atoms with van der Waals surface area (Å²) in [5.41, 5.74) is 0. The summed E-state index contributed by atoms with van der Waals surface area (Å²) in [5, 5.41) is 4.06. The van der Waals surface area contributed by atoms with Gasteiger partial charge in [-0.3, -0.25) is 14.3 Å². The van der Waals surface area contributed by atoms with Crippen LogP contribution in [0.1, 0.15) is 12.8 Å². The van der Waals surface area contributed by atoms with Crippen molar-refractivity contribution >= 4 is 11.9 Å². The molecule has 1 aliphatic heterocycles. The second-order valence-corrected chi connectivity index (χ2v) is 4.63. The van der Waals surface area contributed by atoms with E-state index >= 15 is 0 Å². The van der Waals surface area contributed by atoms with Crippen molar-refractivity contribution in [2.45, 2.75) is 25.5 Å². The van der Waals surface area contributed by atoms with E-state index in [0.29, 0.717) is 32.7 Å². The third kappa shape index (κ3) is 4.06. The number of carbonyl (C=O) groups is 2. The van der Waals surface area contributed by atoms with Crippen LogP contribution in [0, 0.1) is 0 Å². The number of methoxy groups -OCH3 is 1. The number of carbonyl (C=O) groups excluding carboxylic acids is 2. The Kier molecular flexibility index (Phi) is 5.11. The zero-order valence-electron chi connectivity index (χ0n) is 11.5. The van der Waals surface area contributed by atoms with E-state index in [4.69, 9.17) is 4.74 Å². The number of hydrogen-bond donors (Lipinski definition) is 0. The SMILES string of the molecule is COC(=O)CC1CN(C(=O)CCn2cccn2)CCO1. The number of amides is 1. The summed E-state index contributed by atoms with van der Waals surface area (Å²) >= 11 is 0. The average Bonchev–Trinajstić information content (AvgIpc) is 2.98. The van der Waals surface area contributed by atoms with Crippen LogP contribution in [0.25, 0.3) is 0 Å². The number of aryl methyl sites for hydroxylation is 1. The predicted octanol–water partition coefficient (Wildman–Crippen LogP) is 0.0637. The summed E-state index contributed by atoms with van der Waals surface area (Å²) in [5.74, 6) is -0.264. The summed E-state index contributed by atoms with van der Waals surface area (Å²) in [4.78, 5) is 25.1. The quantitative estimate of drug-likeness (QED) is 0.714. The van der Waals surface area contributed by atoms with Gasteiger partial charge < -0.3 is 14.4 Å². The van der Waals surface area contributed by atoms with Crippen molar-refractivity contribution in [1.29, 1.82) is 0 Å². The normalized spacial score (nSPS) is 18.9. The van der Waals surface area contributed by atoms with Crippen molar-refractivity contribution in [3.8, 4) is 0 Å². The third-order valence-electron chi connectivity index (χ3n) is 3.23. The number of esters is 1. The minimum Gasteiger partial charge on any atom is -0.469 e. The minimum atomic E-state index is -0.319. The molecule has 20 heavy (non-hydrogen) atoms. The highest BCUT2D eigenvalue weighted by molar-refractivity contribution is 5.76. The summed E-state index contributed by atoms with van der Waals surface area (Å²) < 4.78 is 11.8. The highest BCUT2D eigenvalue weighted by Crippen LogP contribution is 2.11. The monoisotopic (exact) mass is 281 g/mol. The summed E-state index contributed by atoms with van der Waals surface area (Å²) in [6, 6.07) is 1.83. The van der Waals surface area contributed by atoms with Gasteiger partial charge in [0.1, 0.15) is 0 Å². The fourth-order valence-corrected chi connectivity index (χ4v) is 2.14. The van der Waals surface area contributed by atoms with Gasteiger partial charge in [0, 0.05) is 38.4 Å². The summed E-state index contributed by atoms with van der Waals surface area (Å²) in [6.07, 6.45) is 3.81. The fourth-order valence-electron chi connectivity index (χ4n) is 2.14. The smallest absolute Gasteiger partial charge is 0.308 e. The van der Waals surface area contributed by atoms with E-state index in [1.807, 2.05) is 12.3 Å². The first-order chi connectivity index (χ1) is 9.69. The summed E-state index contributed by atoms with van der Waals surface area (Å²) in [7, 11) is 1.35. The van der Waals surface area contributed by atoms with Gasteiger partial charge >= 0.3 is 5.97 Å². The van der Waals surface area contributed by atoms with E-state index in [9.17, 15) is 9.59 Å².